The minimum atomic E-state index is -2.98. The highest BCUT2D eigenvalue weighted by molar-refractivity contribution is 5.97. The van der Waals surface area contributed by atoms with Crippen LogP contribution in [0.3, 0.4) is 0 Å². The van der Waals surface area contributed by atoms with Crippen molar-refractivity contribution in [2.45, 2.75) is 39.0 Å². The lowest BCUT2D eigenvalue weighted by molar-refractivity contribution is -0.0501. The predicted molar refractivity (Wildman–Crippen MR) is 66.3 cm³/mol. The van der Waals surface area contributed by atoms with Gasteiger partial charge in [-0.1, -0.05) is 12.1 Å². The Morgan fingerprint density at radius 2 is 2.00 bits per heavy atom. The van der Waals surface area contributed by atoms with Crippen LogP contribution in [0.15, 0.2) is 24.3 Å². The summed E-state index contributed by atoms with van der Waals surface area (Å²) >= 11 is 0. The molecule has 0 heterocycles. The van der Waals surface area contributed by atoms with Crippen LogP contribution in [0.2, 0.25) is 0 Å². The Hall–Kier alpha value is -1.69. The number of hydrogen-bond acceptors (Lipinski definition) is 3. The van der Waals surface area contributed by atoms with Gasteiger partial charge in [-0.05, 0) is 32.4 Å². The number of hydrogen-bond donors (Lipinski definition) is 2. The first-order chi connectivity index (χ1) is 8.90. The van der Waals surface area contributed by atoms with Gasteiger partial charge in [-0.2, -0.15) is 8.78 Å². The number of aliphatic hydroxyl groups is 1. The molecule has 0 spiro atoms. The van der Waals surface area contributed by atoms with Crippen LogP contribution in [0.5, 0.6) is 5.75 Å². The number of nitrogens with one attached hydrogen (secondary N) is 1. The van der Waals surface area contributed by atoms with E-state index < -0.39 is 18.6 Å². The quantitative estimate of drug-likeness (QED) is 0.835. The lowest BCUT2D eigenvalue weighted by Crippen LogP contribution is -2.34. The van der Waals surface area contributed by atoms with E-state index in [1.54, 1.807) is 19.9 Å². The van der Waals surface area contributed by atoms with E-state index in [-0.39, 0.29) is 17.4 Å². The van der Waals surface area contributed by atoms with E-state index >= 15 is 0 Å². The number of carbonyl (C=O) groups is 1. The maximum absolute atomic E-state index is 12.2. The minimum Gasteiger partial charge on any atom is -0.434 e. The molecule has 0 saturated heterocycles. The second-order valence-electron chi connectivity index (χ2n) is 4.33. The van der Waals surface area contributed by atoms with Crippen LogP contribution in [-0.4, -0.2) is 29.8 Å². The Labute approximate surface area is 110 Å². The molecule has 0 radical (unpaired) electrons. The van der Waals surface area contributed by atoms with Crippen molar-refractivity contribution < 1.29 is 23.4 Å². The number of benzene rings is 1. The second kappa shape index (κ2) is 7.04. The first-order valence-corrected chi connectivity index (χ1v) is 5.93. The zero-order valence-corrected chi connectivity index (χ0v) is 10.8. The minimum absolute atomic E-state index is 0.0419. The van der Waals surface area contributed by atoms with E-state index in [2.05, 4.69) is 10.1 Å². The van der Waals surface area contributed by atoms with Gasteiger partial charge in [0.25, 0.3) is 5.91 Å². The smallest absolute Gasteiger partial charge is 0.387 e. The lowest BCUT2D eigenvalue weighted by Gasteiger charge is -2.16. The Morgan fingerprint density at radius 3 is 2.58 bits per heavy atom. The van der Waals surface area contributed by atoms with Gasteiger partial charge in [0.2, 0.25) is 0 Å². The van der Waals surface area contributed by atoms with Gasteiger partial charge in [-0.3, -0.25) is 4.79 Å². The van der Waals surface area contributed by atoms with E-state index in [1.807, 2.05) is 0 Å². The number of ether oxygens (including phenoxy) is 1. The third kappa shape index (κ3) is 5.21. The largest absolute Gasteiger partial charge is 0.434 e. The van der Waals surface area contributed by atoms with Crippen molar-refractivity contribution in [2.24, 2.45) is 0 Å². The van der Waals surface area contributed by atoms with Crippen LogP contribution in [0.1, 0.15) is 30.6 Å². The first kappa shape index (κ1) is 15.4. The number of carbonyl (C=O) groups excluding carboxylic acids is 1. The molecule has 0 saturated carbocycles. The van der Waals surface area contributed by atoms with E-state index in [4.69, 9.17) is 0 Å². The molecule has 1 aromatic carbocycles. The molecule has 0 aliphatic carbocycles. The Kier molecular flexibility index (Phi) is 5.69. The SMILES string of the molecule is CC(O)CC(C)NC(=O)c1ccccc1OC(F)F. The van der Waals surface area contributed by atoms with Gasteiger partial charge < -0.3 is 15.2 Å². The van der Waals surface area contributed by atoms with Crippen molar-refractivity contribution in [1.82, 2.24) is 5.32 Å². The van der Waals surface area contributed by atoms with Crippen LogP contribution in [0, 0.1) is 0 Å². The lowest BCUT2D eigenvalue weighted by atomic mass is 10.1. The molecule has 1 aromatic rings. The molecule has 0 aromatic heterocycles. The molecular weight excluding hydrogens is 256 g/mol. The highest BCUT2D eigenvalue weighted by Crippen LogP contribution is 2.20. The molecule has 106 valence electrons. The van der Waals surface area contributed by atoms with Crippen LogP contribution in [0.25, 0.3) is 0 Å². The molecule has 2 unspecified atom stereocenters. The third-order valence-corrected chi connectivity index (χ3v) is 2.42. The van der Waals surface area contributed by atoms with E-state index in [0.717, 1.165) is 0 Å². The maximum atomic E-state index is 12.2. The van der Waals surface area contributed by atoms with Crippen molar-refractivity contribution >= 4 is 5.91 Å². The summed E-state index contributed by atoms with van der Waals surface area (Å²) in [5, 5.41) is 11.8. The Morgan fingerprint density at radius 1 is 1.37 bits per heavy atom. The van der Waals surface area contributed by atoms with Gasteiger partial charge in [0, 0.05) is 6.04 Å². The predicted octanol–water partition coefficient (Wildman–Crippen LogP) is 2.18. The van der Waals surface area contributed by atoms with Crippen molar-refractivity contribution in [1.29, 1.82) is 0 Å². The van der Waals surface area contributed by atoms with Gasteiger partial charge in [-0.25, -0.2) is 0 Å². The normalized spacial score (nSPS) is 14.0. The van der Waals surface area contributed by atoms with E-state index in [9.17, 15) is 18.7 Å². The maximum Gasteiger partial charge on any atom is 0.387 e. The van der Waals surface area contributed by atoms with E-state index in [0.29, 0.717) is 6.42 Å². The number of halogens is 2. The second-order valence-corrected chi connectivity index (χ2v) is 4.33. The summed E-state index contributed by atoms with van der Waals surface area (Å²) in [7, 11) is 0. The summed E-state index contributed by atoms with van der Waals surface area (Å²) in [5.74, 6) is -0.677. The van der Waals surface area contributed by atoms with Gasteiger partial charge >= 0.3 is 6.61 Å². The molecular formula is C13H17F2NO3. The number of alkyl halides is 2. The fourth-order valence-electron chi connectivity index (χ4n) is 1.73. The standard InChI is InChI=1S/C13H17F2NO3/c1-8(7-9(2)17)16-12(18)10-5-3-4-6-11(10)19-13(14)15/h3-6,8-9,13,17H,7H2,1-2H3,(H,16,18). The summed E-state index contributed by atoms with van der Waals surface area (Å²) in [6.07, 6.45) is -0.174. The Bertz CT molecular complexity index is 424. The Balaban J connectivity index is 2.76. The zero-order chi connectivity index (χ0) is 14.4. The van der Waals surface area contributed by atoms with Gasteiger partial charge in [0.1, 0.15) is 5.75 Å². The molecule has 19 heavy (non-hydrogen) atoms. The first-order valence-electron chi connectivity index (χ1n) is 5.93. The highest BCUT2D eigenvalue weighted by atomic mass is 19.3. The molecule has 4 nitrogen and oxygen atoms in total. The summed E-state index contributed by atoms with van der Waals surface area (Å²) in [5.41, 5.74) is 0.0419. The third-order valence-electron chi connectivity index (χ3n) is 2.42. The fraction of sp³-hybridized carbons (Fsp3) is 0.462. The van der Waals surface area contributed by atoms with Gasteiger partial charge in [-0.15, -0.1) is 0 Å². The van der Waals surface area contributed by atoms with Crippen LogP contribution in [-0.2, 0) is 0 Å². The molecule has 1 amide bonds. The van der Waals surface area contributed by atoms with Crippen LogP contribution in [0.4, 0.5) is 8.78 Å². The highest BCUT2D eigenvalue weighted by Gasteiger charge is 2.17. The molecule has 2 atom stereocenters. The molecule has 0 aliphatic heterocycles. The number of aliphatic hydroxyl groups excluding tert-OH is 1. The molecule has 6 heteroatoms. The van der Waals surface area contributed by atoms with Gasteiger partial charge in [0.15, 0.2) is 0 Å². The van der Waals surface area contributed by atoms with Crippen molar-refractivity contribution in [2.75, 3.05) is 0 Å². The van der Waals surface area contributed by atoms with Crippen LogP contribution >= 0.6 is 0 Å². The average Bonchev–Trinajstić information content (AvgIpc) is 2.27. The summed E-state index contributed by atoms with van der Waals surface area (Å²) in [6, 6.07) is 5.51. The van der Waals surface area contributed by atoms with Crippen LogP contribution < -0.4 is 10.1 Å². The molecule has 1 rings (SSSR count). The van der Waals surface area contributed by atoms with Crippen molar-refractivity contribution in [3.05, 3.63) is 29.8 Å². The number of amides is 1. The molecule has 0 aliphatic rings. The number of para-hydroxylation sites is 1. The van der Waals surface area contributed by atoms with Gasteiger partial charge in [0.05, 0.1) is 11.7 Å². The molecule has 0 fully saturated rings. The molecule has 2 N–H and O–H groups in total. The van der Waals surface area contributed by atoms with E-state index in [1.165, 1.54) is 18.2 Å². The topological polar surface area (TPSA) is 58.6 Å². The summed E-state index contributed by atoms with van der Waals surface area (Å²) < 4.78 is 28.7. The monoisotopic (exact) mass is 273 g/mol. The summed E-state index contributed by atoms with van der Waals surface area (Å²) in [4.78, 5) is 11.9. The number of rotatable bonds is 6. The fourth-order valence-corrected chi connectivity index (χ4v) is 1.73. The molecule has 0 bridgehead atoms. The van der Waals surface area contributed by atoms with Crippen molar-refractivity contribution in [3.8, 4) is 5.75 Å². The zero-order valence-electron chi connectivity index (χ0n) is 10.8. The van der Waals surface area contributed by atoms with Crippen molar-refractivity contribution in [3.63, 3.8) is 0 Å². The summed E-state index contributed by atoms with van der Waals surface area (Å²) in [6.45, 7) is 0.349. The average molecular weight is 273 g/mol.